The minimum atomic E-state index is 0.734. The van der Waals surface area contributed by atoms with Gasteiger partial charge in [0.15, 0.2) is 0 Å². The van der Waals surface area contributed by atoms with Crippen LogP contribution in [0.2, 0.25) is 0 Å². The molecule has 1 heterocycles. The van der Waals surface area contributed by atoms with Crippen molar-refractivity contribution in [3.8, 4) is 0 Å². The van der Waals surface area contributed by atoms with E-state index in [2.05, 4.69) is 44.8 Å². The molecule has 3 atom stereocenters. The van der Waals surface area contributed by atoms with Gasteiger partial charge in [0.1, 0.15) is 0 Å². The molecule has 1 saturated heterocycles. The maximum Gasteiger partial charge on any atom is 0.0120 e. The number of unbranched alkanes of at least 4 members (excludes halogenated alkanes) is 3. The first-order chi connectivity index (χ1) is 9.56. The SMILES string of the molecule is CCNC1CCN(CCCCCCC(C)C)C(C)C1C. The van der Waals surface area contributed by atoms with Crippen molar-refractivity contribution in [1.82, 2.24) is 10.2 Å². The van der Waals surface area contributed by atoms with E-state index in [1.807, 2.05) is 0 Å². The summed E-state index contributed by atoms with van der Waals surface area (Å²) < 4.78 is 0. The van der Waals surface area contributed by atoms with Gasteiger partial charge < -0.3 is 10.2 Å². The molecule has 2 heteroatoms. The third kappa shape index (κ3) is 6.13. The molecule has 1 aliphatic rings. The van der Waals surface area contributed by atoms with Gasteiger partial charge in [-0.2, -0.15) is 0 Å². The van der Waals surface area contributed by atoms with Crippen LogP contribution in [0.3, 0.4) is 0 Å². The minimum Gasteiger partial charge on any atom is -0.314 e. The van der Waals surface area contributed by atoms with Gasteiger partial charge in [0, 0.05) is 12.1 Å². The van der Waals surface area contributed by atoms with E-state index in [4.69, 9.17) is 0 Å². The van der Waals surface area contributed by atoms with Gasteiger partial charge in [0.2, 0.25) is 0 Å². The fourth-order valence-corrected chi connectivity index (χ4v) is 3.53. The number of nitrogens with one attached hydrogen (secondary N) is 1. The van der Waals surface area contributed by atoms with E-state index >= 15 is 0 Å². The van der Waals surface area contributed by atoms with Gasteiger partial charge in [-0.3, -0.25) is 0 Å². The summed E-state index contributed by atoms with van der Waals surface area (Å²) in [5, 5.41) is 3.65. The zero-order valence-electron chi connectivity index (χ0n) is 14.6. The predicted molar refractivity (Wildman–Crippen MR) is 90.2 cm³/mol. The highest BCUT2D eigenvalue weighted by Crippen LogP contribution is 2.24. The number of hydrogen-bond donors (Lipinski definition) is 1. The van der Waals surface area contributed by atoms with E-state index in [1.54, 1.807) is 0 Å². The number of hydrogen-bond acceptors (Lipinski definition) is 2. The summed E-state index contributed by atoms with van der Waals surface area (Å²) >= 11 is 0. The molecule has 3 unspecified atom stereocenters. The first-order valence-electron chi connectivity index (χ1n) is 9.03. The van der Waals surface area contributed by atoms with Crippen LogP contribution in [0.5, 0.6) is 0 Å². The van der Waals surface area contributed by atoms with Crippen LogP contribution in [0.1, 0.15) is 73.1 Å². The van der Waals surface area contributed by atoms with Crippen molar-refractivity contribution in [1.29, 1.82) is 0 Å². The molecule has 0 bridgehead atoms. The molecule has 0 aromatic heterocycles. The van der Waals surface area contributed by atoms with E-state index in [0.717, 1.165) is 30.5 Å². The van der Waals surface area contributed by atoms with Crippen molar-refractivity contribution < 1.29 is 0 Å². The quantitative estimate of drug-likeness (QED) is 0.634. The fourth-order valence-electron chi connectivity index (χ4n) is 3.53. The second kappa shape index (κ2) is 9.78. The van der Waals surface area contributed by atoms with Gasteiger partial charge in [0.05, 0.1) is 0 Å². The normalized spacial score (nSPS) is 28.2. The van der Waals surface area contributed by atoms with Crippen molar-refractivity contribution in [2.45, 2.75) is 85.2 Å². The van der Waals surface area contributed by atoms with Crippen LogP contribution in [-0.4, -0.2) is 36.6 Å². The van der Waals surface area contributed by atoms with E-state index in [-0.39, 0.29) is 0 Å². The van der Waals surface area contributed by atoms with E-state index in [1.165, 1.54) is 51.6 Å². The van der Waals surface area contributed by atoms with Gasteiger partial charge in [-0.1, -0.05) is 53.4 Å². The monoisotopic (exact) mass is 282 g/mol. The molecule has 1 aliphatic heterocycles. The zero-order valence-corrected chi connectivity index (χ0v) is 14.6. The molecular weight excluding hydrogens is 244 g/mol. The van der Waals surface area contributed by atoms with Crippen LogP contribution in [0.15, 0.2) is 0 Å². The fraction of sp³-hybridized carbons (Fsp3) is 1.00. The Morgan fingerprint density at radius 1 is 1.10 bits per heavy atom. The maximum atomic E-state index is 3.65. The van der Waals surface area contributed by atoms with Crippen LogP contribution < -0.4 is 5.32 Å². The molecule has 1 fully saturated rings. The lowest BCUT2D eigenvalue weighted by atomic mass is 9.87. The molecule has 20 heavy (non-hydrogen) atoms. The van der Waals surface area contributed by atoms with Crippen molar-refractivity contribution in [3.63, 3.8) is 0 Å². The standard InChI is InChI=1S/C18H38N2/c1-6-19-18-12-14-20(17(5)16(18)4)13-10-8-7-9-11-15(2)3/h15-19H,6-14H2,1-5H3. The first kappa shape index (κ1) is 18.0. The second-order valence-electron chi connectivity index (χ2n) is 7.19. The topological polar surface area (TPSA) is 15.3 Å². The summed E-state index contributed by atoms with van der Waals surface area (Å²) in [7, 11) is 0. The summed E-state index contributed by atoms with van der Waals surface area (Å²) in [5.74, 6) is 1.66. The molecule has 1 N–H and O–H groups in total. The summed E-state index contributed by atoms with van der Waals surface area (Å²) in [6.45, 7) is 15.4. The first-order valence-corrected chi connectivity index (χ1v) is 9.03. The maximum absolute atomic E-state index is 3.65. The molecule has 0 aromatic rings. The second-order valence-corrected chi connectivity index (χ2v) is 7.19. The molecule has 0 radical (unpaired) electrons. The highest BCUT2D eigenvalue weighted by Gasteiger charge is 2.31. The van der Waals surface area contributed by atoms with Crippen molar-refractivity contribution >= 4 is 0 Å². The summed E-state index contributed by atoms with van der Waals surface area (Å²) in [5.41, 5.74) is 0. The van der Waals surface area contributed by atoms with Gasteiger partial charge in [0.25, 0.3) is 0 Å². The number of rotatable bonds is 9. The molecule has 2 nitrogen and oxygen atoms in total. The Balaban J connectivity index is 2.15. The molecule has 0 aromatic carbocycles. The third-order valence-corrected chi connectivity index (χ3v) is 5.14. The smallest absolute Gasteiger partial charge is 0.0120 e. The van der Waals surface area contributed by atoms with E-state index in [9.17, 15) is 0 Å². The summed E-state index contributed by atoms with van der Waals surface area (Å²) in [6, 6.07) is 1.47. The molecule has 0 saturated carbocycles. The summed E-state index contributed by atoms with van der Waals surface area (Å²) in [4.78, 5) is 2.72. The van der Waals surface area contributed by atoms with E-state index < -0.39 is 0 Å². The van der Waals surface area contributed by atoms with Crippen molar-refractivity contribution in [2.75, 3.05) is 19.6 Å². The van der Waals surface area contributed by atoms with E-state index in [0.29, 0.717) is 0 Å². The van der Waals surface area contributed by atoms with Crippen LogP contribution in [0.4, 0.5) is 0 Å². The highest BCUT2D eigenvalue weighted by atomic mass is 15.2. The van der Waals surface area contributed by atoms with Gasteiger partial charge >= 0.3 is 0 Å². The third-order valence-electron chi connectivity index (χ3n) is 5.14. The van der Waals surface area contributed by atoms with Gasteiger partial charge in [-0.25, -0.2) is 0 Å². The Labute approximate surface area is 127 Å². The average Bonchev–Trinajstić information content (AvgIpc) is 2.41. The molecule has 0 spiro atoms. The Morgan fingerprint density at radius 2 is 1.80 bits per heavy atom. The molecule has 0 aliphatic carbocycles. The van der Waals surface area contributed by atoms with Crippen molar-refractivity contribution in [2.24, 2.45) is 11.8 Å². The lowest BCUT2D eigenvalue weighted by molar-refractivity contribution is 0.0838. The Hall–Kier alpha value is -0.0800. The lowest BCUT2D eigenvalue weighted by Crippen LogP contribution is -2.53. The Kier molecular flexibility index (Phi) is 8.79. The lowest BCUT2D eigenvalue weighted by Gasteiger charge is -2.43. The van der Waals surface area contributed by atoms with Crippen LogP contribution in [0.25, 0.3) is 0 Å². The molecule has 1 rings (SSSR count). The van der Waals surface area contributed by atoms with Gasteiger partial charge in [-0.15, -0.1) is 0 Å². The number of likely N-dealkylation sites (tertiary alicyclic amines) is 1. The van der Waals surface area contributed by atoms with Gasteiger partial charge in [-0.05, 0) is 51.2 Å². The number of piperidine rings is 1. The molecule has 0 amide bonds. The largest absolute Gasteiger partial charge is 0.314 e. The minimum absolute atomic E-state index is 0.734. The van der Waals surface area contributed by atoms with Crippen molar-refractivity contribution in [3.05, 3.63) is 0 Å². The average molecular weight is 283 g/mol. The summed E-state index contributed by atoms with van der Waals surface area (Å²) in [6.07, 6.45) is 8.39. The highest BCUT2D eigenvalue weighted by molar-refractivity contribution is 4.88. The number of nitrogens with zero attached hydrogens (tertiary/aromatic N) is 1. The Morgan fingerprint density at radius 3 is 2.45 bits per heavy atom. The van der Waals surface area contributed by atoms with Crippen LogP contribution in [-0.2, 0) is 0 Å². The predicted octanol–water partition coefficient (Wildman–Crippen LogP) is 4.30. The molecule has 120 valence electrons. The Bertz CT molecular complexity index is 240. The molecular formula is C18H38N2. The zero-order chi connectivity index (χ0) is 15.0. The van der Waals surface area contributed by atoms with Crippen LogP contribution in [0, 0.1) is 11.8 Å². The van der Waals surface area contributed by atoms with Crippen LogP contribution >= 0.6 is 0 Å².